The molecule has 1 fully saturated rings. The van der Waals surface area contributed by atoms with Crippen LogP contribution in [0.15, 0.2) is 47.4 Å². The van der Waals surface area contributed by atoms with E-state index < -0.39 is 26.6 Å². The van der Waals surface area contributed by atoms with Gasteiger partial charge in [0.15, 0.2) is 4.90 Å². The smallest absolute Gasteiger partial charge is 0.249 e. The van der Waals surface area contributed by atoms with Gasteiger partial charge in [-0.1, -0.05) is 24.3 Å². The molecule has 1 aliphatic heterocycles. The van der Waals surface area contributed by atoms with Crippen LogP contribution >= 0.6 is 0 Å². The van der Waals surface area contributed by atoms with Gasteiger partial charge in [-0.05, 0) is 18.2 Å². The minimum Gasteiger partial charge on any atom is -0.329 e. The number of quaternary nitrogens is 1. The molecule has 5 nitrogen and oxygen atoms in total. The number of piperazine rings is 1. The van der Waals surface area contributed by atoms with Crippen LogP contribution in [0.2, 0.25) is 0 Å². The first-order chi connectivity index (χ1) is 12.4. The van der Waals surface area contributed by atoms with Crippen molar-refractivity contribution in [3.05, 3.63) is 65.2 Å². The normalized spacial score (nSPS) is 16.3. The number of sulfonamides is 1. The minimum absolute atomic E-state index is 0.167. The highest BCUT2D eigenvalue weighted by molar-refractivity contribution is 7.89. The average molecular weight is 378 g/mol. The van der Waals surface area contributed by atoms with Gasteiger partial charge in [0, 0.05) is 5.56 Å². The molecule has 1 saturated heterocycles. The summed E-state index contributed by atoms with van der Waals surface area (Å²) >= 11 is 0. The van der Waals surface area contributed by atoms with E-state index in [4.69, 9.17) is 5.26 Å². The topological polar surface area (TPSA) is 65.6 Å². The van der Waals surface area contributed by atoms with E-state index in [0.29, 0.717) is 25.2 Å². The maximum absolute atomic E-state index is 13.9. The van der Waals surface area contributed by atoms with Crippen molar-refractivity contribution in [1.29, 1.82) is 5.26 Å². The summed E-state index contributed by atoms with van der Waals surface area (Å²) in [5, 5.41) is 9.16. The molecule has 0 unspecified atom stereocenters. The van der Waals surface area contributed by atoms with E-state index in [0.717, 1.165) is 33.0 Å². The first-order valence-electron chi connectivity index (χ1n) is 8.19. The van der Waals surface area contributed by atoms with Crippen LogP contribution in [-0.2, 0) is 16.6 Å². The van der Waals surface area contributed by atoms with Crippen LogP contribution < -0.4 is 4.90 Å². The molecule has 1 heterocycles. The monoisotopic (exact) mass is 378 g/mol. The van der Waals surface area contributed by atoms with Crippen molar-refractivity contribution in [3.8, 4) is 6.07 Å². The number of hydrogen-bond donors (Lipinski definition) is 1. The lowest BCUT2D eigenvalue weighted by atomic mass is 10.1. The molecular formula is C18H18F2N3O2S+. The van der Waals surface area contributed by atoms with Crippen LogP contribution in [0.3, 0.4) is 0 Å². The Hall–Kier alpha value is -2.34. The third-order valence-corrected chi connectivity index (χ3v) is 6.48. The summed E-state index contributed by atoms with van der Waals surface area (Å²) in [6, 6.07) is 12.4. The maximum Gasteiger partial charge on any atom is 0.249 e. The summed E-state index contributed by atoms with van der Waals surface area (Å²) in [7, 11) is -4.21. The second kappa shape index (κ2) is 7.50. The lowest BCUT2D eigenvalue weighted by molar-refractivity contribution is -0.917. The summed E-state index contributed by atoms with van der Waals surface area (Å²) < 4.78 is 54.0. The van der Waals surface area contributed by atoms with Gasteiger partial charge in [0.05, 0.1) is 37.8 Å². The van der Waals surface area contributed by atoms with Gasteiger partial charge in [0.2, 0.25) is 10.0 Å². The fraction of sp³-hybridized carbons (Fsp3) is 0.278. The average Bonchev–Trinajstić information content (AvgIpc) is 2.62. The van der Waals surface area contributed by atoms with Gasteiger partial charge in [0.25, 0.3) is 0 Å². The Morgan fingerprint density at radius 1 is 1.04 bits per heavy atom. The third kappa shape index (κ3) is 3.60. The Balaban J connectivity index is 1.71. The van der Waals surface area contributed by atoms with E-state index >= 15 is 0 Å². The van der Waals surface area contributed by atoms with Gasteiger partial charge in [-0.2, -0.15) is 9.57 Å². The fourth-order valence-corrected chi connectivity index (χ4v) is 4.68. The zero-order chi connectivity index (χ0) is 18.7. The molecule has 3 rings (SSSR count). The molecule has 0 radical (unpaired) electrons. The standard InChI is InChI=1S/C18H17F2N3O2S/c19-16-6-3-7-17(20)18(16)26(24,25)23-10-8-22(9-11-23)13-15-5-2-1-4-14(15)12-21/h1-7H,8-11,13H2/p+1. The zero-order valence-electron chi connectivity index (χ0n) is 14.0. The first-order valence-corrected chi connectivity index (χ1v) is 9.63. The van der Waals surface area contributed by atoms with Gasteiger partial charge in [-0.25, -0.2) is 17.2 Å². The van der Waals surface area contributed by atoms with E-state index in [9.17, 15) is 17.2 Å². The van der Waals surface area contributed by atoms with Crippen molar-refractivity contribution >= 4 is 10.0 Å². The Labute approximate surface area is 151 Å². The predicted molar refractivity (Wildman–Crippen MR) is 90.7 cm³/mol. The molecule has 2 aromatic carbocycles. The van der Waals surface area contributed by atoms with Gasteiger partial charge in [-0.15, -0.1) is 0 Å². The second-order valence-corrected chi connectivity index (χ2v) is 8.03. The molecule has 0 aliphatic carbocycles. The Kier molecular flexibility index (Phi) is 5.32. The number of hydrogen-bond acceptors (Lipinski definition) is 3. The molecule has 0 saturated carbocycles. The van der Waals surface area contributed by atoms with E-state index in [1.54, 1.807) is 12.1 Å². The quantitative estimate of drug-likeness (QED) is 0.861. The van der Waals surface area contributed by atoms with Crippen LogP contribution in [0.1, 0.15) is 11.1 Å². The van der Waals surface area contributed by atoms with Crippen molar-refractivity contribution in [3.63, 3.8) is 0 Å². The number of nitrogens with zero attached hydrogens (tertiary/aromatic N) is 2. The Bertz CT molecular complexity index is 929. The molecule has 0 spiro atoms. The van der Waals surface area contributed by atoms with Crippen molar-refractivity contribution in [2.45, 2.75) is 11.4 Å². The molecule has 8 heteroatoms. The highest BCUT2D eigenvalue weighted by Gasteiger charge is 2.34. The fourth-order valence-electron chi connectivity index (χ4n) is 3.13. The van der Waals surface area contributed by atoms with Crippen molar-refractivity contribution < 1.29 is 22.1 Å². The molecule has 0 atom stereocenters. The lowest BCUT2D eigenvalue weighted by Crippen LogP contribution is -3.13. The SMILES string of the molecule is N#Cc1ccccc1C[NH+]1CCN(S(=O)(=O)c2c(F)cccc2F)CC1. The zero-order valence-corrected chi connectivity index (χ0v) is 14.8. The van der Waals surface area contributed by atoms with Gasteiger partial charge < -0.3 is 4.90 Å². The molecule has 0 amide bonds. The molecule has 0 aromatic heterocycles. The number of rotatable bonds is 4. The van der Waals surface area contributed by atoms with Crippen LogP contribution in [0, 0.1) is 23.0 Å². The third-order valence-electron chi connectivity index (χ3n) is 4.52. The summed E-state index contributed by atoms with van der Waals surface area (Å²) in [5.41, 5.74) is 1.50. The molecule has 1 N–H and O–H groups in total. The largest absolute Gasteiger partial charge is 0.329 e. The van der Waals surface area contributed by atoms with Crippen molar-refractivity contribution in [2.75, 3.05) is 26.2 Å². The molecule has 26 heavy (non-hydrogen) atoms. The summed E-state index contributed by atoms with van der Waals surface area (Å²) in [6.07, 6.45) is 0. The van der Waals surface area contributed by atoms with Crippen LogP contribution in [0.5, 0.6) is 0 Å². The van der Waals surface area contributed by atoms with Gasteiger partial charge >= 0.3 is 0 Å². The van der Waals surface area contributed by atoms with Crippen molar-refractivity contribution in [2.24, 2.45) is 0 Å². The number of nitrogens with one attached hydrogen (secondary N) is 1. The Morgan fingerprint density at radius 3 is 2.27 bits per heavy atom. The minimum atomic E-state index is -4.21. The highest BCUT2D eigenvalue weighted by Crippen LogP contribution is 2.22. The van der Waals surface area contributed by atoms with Gasteiger partial charge in [0.1, 0.15) is 18.2 Å². The lowest BCUT2D eigenvalue weighted by Gasteiger charge is -2.31. The number of benzene rings is 2. The van der Waals surface area contributed by atoms with Crippen molar-refractivity contribution in [1.82, 2.24) is 4.31 Å². The molecule has 1 aliphatic rings. The molecular weight excluding hydrogens is 360 g/mol. The number of halogens is 2. The Morgan fingerprint density at radius 2 is 1.65 bits per heavy atom. The van der Waals surface area contributed by atoms with Crippen LogP contribution in [0.4, 0.5) is 8.78 Å². The van der Waals surface area contributed by atoms with E-state index in [2.05, 4.69) is 6.07 Å². The molecule has 136 valence electrons. The van der Waals surface area contributed by atoms with Crippen LogP contribution in [0.25, 0.3) is 0 Å². The summed E-state index contributed by atoms with van der Waals surface area (Å²) in [6.45, 7) is 1.93. The summed E-state index contributed by atoms with van der Waals surface area (Å²) in [5.74, 6) is -2.16. The maximum atomic E-state index is 13.9. The second-order valence-electron chi connectivity index (χ2n) is 6.15. The van der Waals surface area contributed by atoms with Crippen LogP contribution in [-0.4, -0.2) is 38.9 Å². The first kappa shape index (κ1) is 18.5. The molecule has 0 bridgehead atoms. The molecule has 2 aromatic rings. The number of nitriles is 1. The predicted octanol–water partition coefficient (Wildman–Crippen LogP) is 0.926. The summed E-state index contributed by atoms with van der Waals surface area (Å²) in [4.78, 5) is 0.228. The van der Waals surface area contributed by atoms with E-state index in [-0.39, 0.29) is 13.1 Å². The van der Waals surface area contributed by atoms with E-state index in [1.165, 1.54) is 0 Å². The van der Waals surface area contributed by atoms with E-state index in [1.807, 2.05) is 12.1 Å². The van der Waals surface area contributed by atoms with Gasteiger partial charge in [-0.3, -0.25) is 0 Å². The highest BCUT2D eigenvalue weighted by atomic mass is 32.2.